The first kappa shape index (κ1) is 29.3. The van der Waals surface area contributed by atoms with Gasteiger partial charge in [0.15, 0.2) is 5.11 Å². The molecule has 2 aliphatic heterocycles. The molecule has 0 spiro atoms. The van der Waals surface area contributed by atoms with E-state index in [4.69, 9.17) is 52.0 Å². The van der Waals surface area contributed by atoms with Crippen LogP contribution in [0.1, 0.15) is 55.0 Å². The molecule has 9 heteroatoms. The van der Waals surface area contributed by atoms with Gasteiger partial charge in [0.1, 0.15) is 0 Å². The molecule has 4 aromatic rings. The zero-order chi connectivity index (χ0) is 29.7. The summed E-state index contributed by atoms with van der Waals surface area (Å²) in [5, 5.41) is 6.14. The Kier molecular flexibility index (Phi) is 8.18. The molecule has 0 unspecified atom stereocenters. The van der Waals surface area contributed by atoms with E-state index in [1.807, 2.05) is 36.5 Å². The molecule has 4 heterocycles. The number of hydrogen-bond acceptors (Lipinski definition) is 3. The van der Waals surface area contributed by atoms with E-state index in [-0.39, 0.29) is 12.1 Å². The van der Waals surface area contributed by atoms with E-state index in [1.54, 1.807) is 6.07 Å². The standard InChI is InChI=1S/C33H34Cl3N5S/c1-19-13-20(2)18-39(17-19)29-11-9-24(16-27(29)36)41-32(31(38-33(41)42)28-7-5-6-12-37-28)25-14-21(3)40(22(25)4)30-10-8-23(34)15-26(30)35/h5-12,14-16,19-20,31-32H,13,17-18H2,1-4H3,(H,38,42)/t19-,20-,31-,32+/m0/s1. The number of aromatic nitrogens is 2. The second-order valence-electron chi connectivity index (χ2n) is 11.7. The molecule has 2 saturated heterocycles. The van der Waals surface area contributed by atoms with Crippen LogP contribution < -0.4 is 15.1 Å². The van der Waals surface area contributed by atoms with Crippen molar-refractivity contribution < 1.29 is 0 Å². The van der Waals surface area contributed by atoms with Crippen molar-refractivity contribution in [2.24, 2.45) is 11.8 Å². The van der Waals surface area contributed by atoms with Crippen LogP contribution in [0.2, 0.25) is 15.1 Å². The molecule has 2 fully saturated rings. The Morgan fingerprint density at radius 1 is 0.881 bits per heavy atom. The quantitative estimate of drug-likeness (QED) is 0.221. The van der Waals surface area contributed by atoms with Gasteiger partial charge in [-0.25, -0.2) is 0 Å². The molecular formula is C33H34Cl3N5S. The molecule has 5 nitrogen and oxygen atoms in total. The molecule has 0 bridgehead atoms. The van der Waals surface area contributed by atoms with E-state index in [0.29, 0.717) is 27.0 Å². The molecule has 218 valence electrons. The van der Waals surface area contributed by atoms with Gasteiger partial charge in [-0.2, -0.15) is 0 Å². The number of rotatable bonds is 5. The zero-order valence-electron chi connectivity index (χ0n) is 24.1. The molecule has 2 aromatic carbocycles. The highest BCUT2D eigenvalue weighted by Gasteiger charge is 2.42. The summed E-state index contributed by atoms with van der Waals surface area (Å²) in [7, 11) is 0. The lowest BCUT2D eigenvalue weighted by atomic mass is 9.91. The van der Waals surface area contributed by atoms with Crippen molar-refractivity contribution in [3.63, 3.8) is 0 Å². The number of halogens is 3. The van der Waals surface area contributed by atoms with Crippen LogP contribution in [0.4, 0.5) is 11.4 Å². The largest absolute Gasteiger partial charge is 0.370 e. The highest BCUT2D eigenvalue weighted by atomic mass is 35.5. The Morgan fingerprint density at radius 2 is 1.60 bits per heavy atom. The summed E-state index contributed by atoms with van der Waals surface area (Å²) in [6.07, 6.45) is 3.07. The first-order chi connectivity index (χ1) is 20.1. The lowest BCUT2D eigenvalue weighted by molar-refractivity contribution is 0.357. The first-order valence-electron chi connectivity index (χ1n) is 14.3. The number of nitrogens with one attached hydrogen (secondary N) is 1. The van der Waals surface area contributed by atoms with Gasteiger partial charge in [-0.3, -0.25) is 4.98 Å². The summed E-state index contributed by atoms with van der Waals surface area (Å²) in [6, 6.07) is 19.8. The van der Waals surface area contributed by atoms with Crippen molar-refractivity contribution in [1.29, 1.82) is 0 Å². The molecule has 42 heavy (non-hydrogen) atoms. The summed E-state index contributed by atoms with van der Waals surface area (Å²) in [4.78, 5) is 9.32. The van der Waals surface area contributed by atoms with Crippen molar-refractivity contribution >= 4 is 63.5 Å². The van der Waals surface area contributed by atoms with Gasteiger partial charge in [-0.15, -0.1) is 0 Å². The number of hydrogen-bond donors (Lipinski definition) is 1. The predicted octanol–water partition coefficient (Wildman–Crippen LogP) is 9.11. The number of nitrogens with zero attached hydrogens (tertiary/aromatic N) is 4. The topological polar surface area (TPSA) is 36.3 Å². The number of benzene rings is 2. The highest BCUT2D eigenvalue weighted by Crippen LogP contribution is 2.45. The molecule has 0 radical (unpaired) electrons. The Balaban J connectivity index is 1.45. The van der Waals surface area contributed by atoms with E-state index in [9.17, 15) is 0 Å². The summed E-state index contributed by atoms with van der Waals surface area (Å²) in [5.74, 6) is 1.26. The van der Waals surface area contributed by atoms with Gasteiger partial charge in [-0.1, -0.05) is 54.7 Å². The monoisotopic (exact) mass is 637 g/mol. The van der Waals surface area contributed by atoms with Gasteiger partial charge in [0.25, 0.3) is 0 Å². The minimum Gasteiger partial charge on any atom is -0.370 e. The van der Waals surface area contributed by atoms with Crippen molar-refractivity contribution in [3.05, 3.63) is 105 Å². The SMILES string of the molecule is Cc1cc([C@@H]2[C@H](c3ccccn3)NC(=S)N2c2ccc(N3C[C@@H](C)C[C@H](C)C3)c(Cl)c2)c(C)n1-c1ccc(Cl)cc1Cl. The molecular weight excluding hydrogens is 605 g/mol. The van der Waals surface area contributed by atoms with Crippen molar-refractivity contribution in [2.75, 3.05) is 22.9 Å². The molecule has 6 rings (SSSR count). The lowest BCUT2D eigenvalue weighted by Crippen LogP contribution is -2.38. The Morgan fingerprint density at radius 3 is 2.26 bits per heavy atom. The maximum Gasteiger partial charge on any atom is 0.174 e. The normalized spacial score (nSPS) is 22.5. The minimum atomic E-state index is -0.171. The maximum absolute atomic E-state index is 7.03. The summed E-state index contributed by atoms with van der Waals surface area (Å²) in [6.45, 7) is 10.9. The first-order valence-corrected chi connectivity index (χ1v) is 15.9. The van der Waals surface area contributed by atoms with Crippen LogP contribution in [0.5, 0.6) is 0 Å². The van der Waals surface area contributed by atoms with Crippen molar-refractivity contribution in [2.45, 2.75) is 46.2 Å². The maximum atomic E-state index is 7.03. The number of pyridine rings is 1. The molecule has 0 amide bonds. The number of piperidine rings is 1. The highest BCUT2D eigenvalue weighted by molar-refractivity contribution is 7.80. The second kappa shape index (κ2) is 11.7. The van der Waals surface area contributed by atoms with Gasteiger partial charge in [-0.05, 0) is 104 Å². The predicted molar refractivity (Wildman–Crippen MR) is 180 cm³/mol. The lowest BCUT2D eigenvalue weighted by Gasteiger charge is -2.37. The Bertz CT molecular complexity index is 1630. The minimum absolute atomic E-state index is 0.171. The smallest absolute Gasteiger partial charge is 0.174 e. The van der Waals surface area contributed by atoms with Crippen LogP contribution in [0, 0.1) is 25.7 Å². The van der Waals surface area contributed by atoms with Crippen molar-refractivity contribution in [3.8, 4) is 5.69 Å². The summed E-state index contributed by atoms with van der Waals surface area (Å²) < 4.78 is 2.18. The van der Waals surface area contributed by atoms with Gasteiger partial charge in [0.2, 0.25) is 0 Å². The van der Waals surface area contributed by atoms with Gasteiger partial charge >= 0.3 is 0 Å². The molecule has 1 N–H and O–H groups in total. The average molecular weight is 639 g/mol. The molecule has 0 aliphatic carbocycles. The van der Waals surface area contributed by atoms with E-state index >= 15 is 0 Å². The average Bonchev–Trinajstić information content (AvgIpc) is 3.43. The number of thiocarbonyl (C=S) groups is 1. The Labute approximate surface area is 268 Å². The fourth-order valence-electron chi connectivity index (χ4n) is 6.83. The van der Waals surface area contributed by atoms with Crippen molar-refractivity contribution in [1.82, 2.24) is 14.9 Å². The molecule has 0 saturated carbocycles. The summed E-state index contributed by atoms with van der Waals surface area (Å²) in [5.41, 5.74) is 7.07. The van der Waals surface area contributed by atoms with Crippen LogP contribution in [0.25, 0.3) is 5.69 Å². The molecule has 4 atom stereocenters. The van der Waals surface area contributed by atoms with E-state index < -0.39 is 0 Å². The van der Waals surface area contributed by atoms with Crippen LogP contribution in [0.3, 0.4) is 0 Å². The van der Waals surface area contributed by atoms with Crippen LogP contribution in [-0.4, -0.2) is 27.8 Å². The number of anilines is 2. The van der Waals surface area contributed by atoms with E-state index in [1.165, 1.54) is 6.42 Å². The van der Waals surface area contributed by atoms with Gasteiger partial charge < -0.3 is 19.7 Å². The van der Waals surface area contributed by atoms with E-state index in [2.05, 4.69) is 71.6 Å². The van der Waals surface area contributed by atoms with Gasteiger partial charge in [0.05, 0.1) is 39.2 Å². The fraction of sp³-hybridized carbons (Fsp3) is 0.333. The van der Waals surface area contributed by atoms with E-state index in [0.717, 1.165) is 57.8 Å². The third-order valence-electron chi connectivity index (χ3n) is 8.46. The fourth-order valence-corrected chi connectivity index (χ4v) is 7.96. The third kappa shape index (κ3) is 5.39. The zero-order valence-corrected chi connectivity index (χ0v) is 27.2. The summed E-state index contributed by atoms with van der Waals surface area (Å²) >= 11 is 26.0. The molecule has 2 aromatic heterocycles. The van der Waals surface area contributed by atoms with Gasteiger partial charge in [0, 0.05) is 41.4 Å². The van der Waals surface area contributed by atoms with Crippen LogP contribution >= 0.6 is 47.0 Å². The number of aryl methyl sites for hydroxylation is 1. The van der Waals surface area contributed by atoms with Crippen LogP contribution in [0.15, 0.2) is 66.9 Å². The third-order valence-corrected chi connectivity index (χ3v) is 9.61. The van der Waals surface area contributed by atoms with Crippen LogP contribution in [-0.2, 0) is 0 Å². The second-order valence-corrected chi connectivity index (χ2v) is 13.4. The molecule has 2 aliphatic rings. The Hall–Kier alpha value is -2.77.